The van der Waals surface area contributed by atoms with Gasteiger partial charge in [0.05, 0.1) is 6.20 Å². The number of carbonyl (C=O) groups is 1. The molecule has 3 heterocycles. The number of carbonyl (C=O) groups excluding carboxylic acids is 1. The Kier molecular flexibility index (Phi) is 3.04. The number of aromatic amines is 1. The van der Waals surface area contributed by atoms with E-state index < -0.39 is 0 Å². The van der Waals surface area contributed by atoms with Gasteiger partial charge in [0, 0.05) is 34.5 Å². The number of amides is 1. The molecule has 2 aromatic heterocycles. The fourth-order valence-electron chi connectivity index (χ4n) is 2.78. The monoisotopic (exact) mass is 310 g/mol. The predicted octanol–water partition coefficient (Wildman–Crippen LogP) is 3.32. The van der Waals surface area contributed by atoms with Crippen LogP contribution in [0.2, 0.25) is 0 Å². The van der Waals surface area contributed by atoms with Crippen LogP contribution < -0.4 is 5.32 Å². The minimum absolute atomic E-state index is 0.00703. The molecule has 1 aromatic carbocycles. The molecule has 0 spiro atoms. The number of benzene rings is 1. The van der Waals surface area contributed by atoms with Gasteiger partial charge in [0.2, 0.25) is 5.91 Å². The molecule has 1 atom stereocenters. The van der Waals surface area contributed by atoms with Crippen LogP contribution in [0.15, 0.2) is 36.7 Å². The number of hydrogen-bond acceptors (Lipinski definition) is 4. The average Bonchev–Trinajstić information content (AvgIpc) is 3.15. The molecule has 0 fully saturated rings. The molecule has 6 heteroatoms. The number of fused-ring (bicyclic) bond motifs is 1. The van der Waals surface area contributed by atoms with Gasteiger partial charge in [-0.1, -0.05) is 24.3 Å². The Hall–Kier alpha value is -2.47. The molecule has 22 heavy (non-hydrogen) atoms. The van der Waals surface area contributed by atoms with Crippen molar-refractivity contribution in [3.05, 3.63) is 52.7 Å². The fraction of sp³-hybridized carbons (Fsp3) is 0.188. The molecule has 1 amide bonds. The molecule has 1 aliphatic heterocycles. The Morgan fingerprint density at radius 1 is 1.27 bits per heavy atom. The zero-order valence-electron chi connectivity index (χ0n) is 12.0. The molecule has 0 saturated heterocycles. The number of H-pyrrole nitrogens is 1. The van der Waals surface area contributed by atoms with Crippen molar-refractivity contribution in [1.82, 2.24) is 15.2 Å². The number of rotatable bonds is 2. The Morgan fingerprint density at radius 3 is 3.00 bits per heavy atom. The summed E-state index contributed by atoms with van der Waals surface area (Å²) in [7, 11) is 0. The summed E-state index contributed by atoms with van der Waals surface area (Å²) in [5.41, 5.74) is 3.37. The summed E-state index contributed by atoms with van der Waals surface area (Å²) in [5.74, 6) is 0.734. The highest BCUT2D eigenvalue weighted by Crippen LogP contribution is 2.40. The van der Waals surface area contributed by atoms with Gasteiger partial charge in [-0.3, -0.25) is 9.89 Å². The van der Waals surface area contributed by atoms with Crippen molar-refractivity contribution in [2.75, 3.05) is 5.32 Å². The van der Waals surface area contributed by atoms with E-state index in [0.717, 1.165) is 21.0 Å². The predicted molar refractivity (Wildman–Crippen MR) is 86.0 cm³/mol. The van der Waals surface area contributed by atoms with Gasteiger partial charge in [-0.25, -0.2) is 4.98 Å². The van der Waals surface area contributed by atoms with Crippen LogP contribution in [0.25, 0.3) is 10.6 Å². The van der Waals surface area contributed by atoms with Crippen LogP contribution in [0.1, 0.15) is 28.3 Å². The normalized spacial score (nSPS) is 17.1. The third-order valence-electron chi connectivity index (χ3n) is 3.94. The molecule has 1 unspecified atom stereocenters. The zero-order chi connectivity index (χ0) is 15.1. The quantitative estimate of drug-likeness (QED) is 0.763. The van der Waals surface area contributed by atoms with E-state index in [1.807, 2.05) is 18.3 Å². The number of thiazole rings is 1. The second kappa shape index (κ2) is 5.06. The van der Waals surface area contributed by atoms with Crippen molar-refractivity contribution in [2.24, 2.45) is 0 Å². The first-order chi connectivity index (χ1) is 10.7. The lowest BCUT2D eigenvalue weighted by Crippen LogP contribution is -2.22. The van der Waals surface area contributed by atoms with Gasteiger partial charge in [-0.15, -0.1) is 11.3 Å². The van der Waals surface area contributed by atoms with Gasteiger partial charge in [0.1, 0.15) is 10.8 Å². The number of anilines is 1. The highest BCUT2D eigenvalue weighted by Gasteiger charge is 2.29. The first kappa shape index (κ1) is 13.2. The van der Waals surface area contributed by atoms with Crippen LogP contribution >= 0.6 is 11.3 Å². The van der Waals surface area contributed by atoms with E-state index in [-0.39, 0.29) is 11.8 Å². The summed E-state index contributed by atoms with van der Waals surface area (Å²) < 4.78 is 0. The number of nitrogens with one attached hydrogen (secondary N) is 2. The Bertz CT molecular complexity index is 851. The summed E-state index contributed by atoms with van der Waals surface area (Å²) in [4.78, 5) is 17.5. The van der Waals surface area contributed by atoms with Crippen LogP contribution in [-0.2, 0) is 4.79 Å². The van der Waals surface area contributed by atoms with Crippen LogP contribution in [-0.4, -0.2) is 21.1 Å². The van der Waals surface area contributed by atoms with E-state index in [2.05, 4.69) is 39.6 Å². The Morgan fingerprint density at radius 2 is 2.14 bits per heavy atom. The molecular weight excluding hydrogens is 296 g/mol. The molecule has 0 aliphatic carbocycles. The van der Waals surface area contributed by atoms with Gasteiger partial charge in [-0.05, 0) is 12.5 Å². The van der Waals surface area contributed by atoms with Crippen molar-refractivity contribution >= 4 is 23.1 Å². The highest BCUT2D eigenvalue weighted by atomic mass is 32.1. The van der Waals surface area contributed by atoms with Crippen LogP contribution in [0.3, 0.4) is 0 Å². The second-order valence-electron chi connectivity index (χ2n) is 5.39. The first-order valence-corrected chi connectivity index (χ1v) is 7.89. The maximum absolute atomic E-state index is 11.9. The molecule has 2 N–H and O–H groups in total. The lowest BCUT2D eigenvalue weighted by Gasteiger charge is -2.20. The molecule has 5 nitrogen and oxygen atoms in total. The lowest BCUT2D eigenvalue weighted by atomic mass is 9.93. The van der Waals surface area contributed by atoms with E-state index in [4.69, 9.17) is 0 Å². The smallest absolute Gasteiger partial charge is 0.226 e. The van der Waals surface area contributed by atoms with E-state index >= 15 is 0 Å². The first-order valence-electron chi connectivity index (χ1n) is 7.07. The summed E-state index contributed by atoms with van der Waals surface area (Å²) >= 11 is 1.64. The van der Waals surface area contributed by atoms with E-state index in [9.17, 15) is 4.79 Å². The van der Waals surface area contributed by atoms with Crippen molar-refractivity contribution in [3.63, 3.8) is 0 Å². The lowest BCUT2D eigenvalue weighted by molar-refractivity contribution is -0.116. The van der Waals surface area contributed by atoms with Crippen molar-refractivity contribution in [3.8, 4) is 10.6 Å². The van der Waals surface area contributed by atoms with Crippen LogP contribution in [0, 0.1) is 6.92 Å². The minimum Gasteiger partial charge on any atom is -0.311 e. The van der Waals surface area contributed by atoms with Crippen LogP contribution in [0.4, 0.5) is 5.82 Å². The van der Waals surface area contributed by atoms with E-state index in [0.29, 0.717) is 12.2 Å². The molecule has 0 radical (unpaired) electrons. The average molecular weight is 310 g/mol. The summed E-state index contributed by atoms with van der Waals surface area (Å²) in [6.45, 7) is 2.08. The number of hydrogen-bond donors (Lipinski definition) is 2. The van der Waals surface area contributed by atoms with Crippen molar-refractivity contribution in [1.29, 1.82) is 0 Å². The number of aryl methyl sites for hydroxylation is 1. The molecule has 4 rings (SSSR count). The highest BCUT2D eigenvalue weighted by molar-refractivity contribution is 7.15. The minimum atomic E-state index is 0.00703. The maximum Gasteiger partial charge on any atom is 0.226 e. The molecule has 0 saturated carbocycles. The summed E-state index contributed by atoms with van der Waals surface area (Å²) in [6.07, 6.45) is 4.10. The largest absolute Gasteiger partial charge is 0.311 e. The van der Waals surface area contributed by atoms with Gasteiger partial charge in [0.15, 0.2) is 0 Å². The van der Waals surface area contributed by atoms with Crippen molar-refractivity contribution in [2.45, 2.75) is 19.3 Å². The van der Waals surface area contributed by atoms with E-state index in [1.165, 1.54) is 5.56 Å². The number of nitrogens with zero attached hydrogens (tertiary/aromatic N) is 2. The zero-order valence-corrected chi connectivity index (χ0v) is 12.8. The third-order valence-corrected chi connectivity index (χ3v) is 5.08. The van der Waals surface area contributed by atoms with Crippen molar-refractivity contribution < 1.29 is 4.79 Å². The van der Waals surface area contributed by atoms with Gasteiger partial charge < -0.3 is 5.32 Å². The summed E-state index contributed by atoms with van der Waals surface area (Å²) in [6, 6.07) is 8.20. The number of aromatic nitrogens is 3. The molecule has 110 valence electrons. The Balaban J connectivity index is 1.74. The second-order valence-corrected chi connectivity index (χ2v) is 6.45. The fourth-order valence-corrected chi connectivity index (χ4v) is 3.91. The summed E-state index contributed by atoms with van der Waals surface area (Å²) in [5, 5.41) is 10.7. The van der Waals surface area contributed by atoms with E-state index in [1.54, 1.807) is 17.5 Å². The SMILES string of the molecule is Cc1ccccc1-c1ncc(C2CC(=O)Nc3[nH]ncc32)s1. The van der Waals surface area contributed by atoms with Gasteiger partial charge >= 0.3 is 0 Å². The molecule has 1 aliphatic rings. The molecule has 3 aromatic rings. The van der Waals surface area contributed by atoms with Crippen LogP contribution in [0.5, 0.6) is 0 Å². The Labute approximate surface area is 131 Å². The molecule has 0 bridgehead atoms. The topological polar surface area (TPSA) is 70.7 Å². The third kappa shape index (κ3) is 2.12. The standard InChI is InChI=1S/C16H14N4OS/c1-9-4-2-3-5-10(9)16-17-8-13(22-16)11-6-14(21)19-15-12(11)7-18-20-15/h2-5,7-8,11H,6H2,1H3,(H2,18,19,20,21). The molecular formula is C16H14N4OS. The maximum atomic E-state index is 11.9. The van der Waals surface area contributed by atoms with Gasteiger partial charge in [0.25, 0.3) is 0 Å². The van der Waals surface area contributed by atoms with Gasteiger partial charge in [-0.2, -0.15) is 5.10 Å².